The molecule has 0 radical (unpaired) electrons. The maximum absolute atomic E-state index is 14.2. The number of benzene rings is 2. The summed E-state index contributed by atoms with van der Waals surface area (Å²) in [5.41, 5.74) is 9.64. The lowest BCUT2D eigenvalue weighted by Crippen LogP contribution is -2.50. The zero-order valence-electron chi connectivity index (χ0n) is 27.4. The van der Waals surface area contributed by atoms with Crippen molar-refractivity contribution < 1.29 is 4.79 Å². The van der Waals surface area contributed by atoms with Crippen molar-refractivity contribution in [3.05, 3.63) is 59.2 Å². The van der Waals surface area contributed by atoms with Crippen molar-refractivity contribution in [1.82, 2.24) is 16.1 Å². The molecule has 3 unspecified atom stereocenters. The third-order valence-electron chi connectivity index (χ3n) is 11.4. The number of fused-ring (bicyclic) bond motifs is 2. The SMILES string of the molecule is Cc1cccc2c1NC(C(=O)NC(C)c1ccc(N3NCNC3C3CCCCCCCCC3)cc1)C21CCCCCCCC1. The summed E-state index contributed by atoms with van der Waals surface area (Å²) in [6, 6.07) is 15.2. The molecule has 1 spiro atoms. The van der Waals surface area contributed by atoms with Crippen molar-refractivity contribution in [1.29, 1.82) is 0 Å². The Morgan fingerprint density at radius 2 is 1.45 bits per heavy atom. The topological polar surface area (TPSA) is 68.4 Å². The Labute approximate surface area is 266 Å². The molecule has 44 heavy (non-hydrogen) atoms. The fraction of sp³-hybridized carbons (Fsp3) is 0.658. The summed E-state index contributed by atoms with van der Waals surface area (Å²) in [5, 5.41) is 13.3. The number of carbonyl (C=O) groups excluding carboxylic acids is 1. The summed E-state index contributed by atoms with van der Waals surface area (Å²) in [7, 11) is 0. The number of amides is 1. The van der Waals surface area contributed by atoms with Crippen molar-refractivity contribution in [3.63, 3.8) is 0 Å². The number of anilines is 2. The summed E-state index contributed by atoms with van der Waals surface area (Å²) in [6.07, 6.45) is 22.3. The van der Waals surface area contributed by atoms with Crippen molar-refractivity contribution in [2.45, 2.75) is 147 Å². The number of para-hydroxylation sites is 1. The molecule has 0 aromatic heterocycles. The van der Waals surface area contributed by atoms with Gasteiger partial charge in [0.2, 0.25) is 5.91 Å². The van der Waals surface area contributed by atoms with Gasteiger partial charge in [-0.05, 0) is 74.3 Å². The zero-order chi connectivity index (χ0) is 30.4. The third-order valence-corrected chi connectivity index (χ3v) is 11.4. The predicted molar refractivity (Wildman–Crippen MR) is 183 cm³/mol. The fourth-order valence-electron chi connectivity index (χ4n) is 8.81. The summed E-state index contributed by atoms with van der Waals surface area (Å²) in [6.45, 7) is 5.12. The number of rotatable bonds is 5. The molecule has 1 saturated heterocycles. The second-order valence-electron chi connectivity index (χ2n) is 14.3. The van der Waals surface area contributed by atoms with E-state index in [1.165, 1.54) is 119 Å². The average Bonchev–Trinajstić information content (AvgIpc) is 3.68. The van der Waals surface area contributed by atoms with Crippen LogP contribution < -0.4 is 26.4 Å². The Morgan fingerprint density at radius 3 is 2.11 bits per heavy atom. The maximum Gasteiger partial charge on any atom is 0.243 e. The first kappa shape index (κ1) is 31.4. The molecule has 4 N–H and O–H groups in total. The molecule has 6 heteroatoms. The van der Waals surface area contributed by atoms with Crippen molar-refractivity contribution in [3.8, 4) is 0 Å². The van der Waals surface area contributed by atoms with Gasteiger partial charge in [-0.25, -0.2) is 5.43 Å². The van der Waals surface area contributed by atoms with Gasteiger partial charge in [0.25, 0.3) is 0 Å². The van der Waals surface area contributed by atoms with Crippen LogP contribution >= 0.6 is 0 Å². The number of nitrogens with zero attached hydrogens (tertiary/aromatic N) is 1. The summed E-state index contributed by atoms with van der Waals surface area (Å²) < 4.78 is 0. The second-order valence-corrected chi connectivity index (χ2v) is 14.3. The molecule has 240 valence electrons. The lowest BCUT2D eigenvalue weighted by atomic mass is 9.69. The molecule has 1 amide bonds. The van der Waals surface area contributed by atoms with Gasteiger partial charge in [0.15, 0.2) is 0 Å². The molecule has 6 nitrogen and oxygen atoms in total. The first-order valence-corrected chi connectivity index (χ1v) is 18.1. The maximum atomic E-state index is 14.2. The largest absolute Gasteiger partial charge is 0.373 e. The van der Waals surface area contributed by atoms with Crippen molar-refractivity contribution in [2.75, 3.05) is 17.0 Å². The number of hydrogen-bond acceptors (Lipinski definition) is 5. The van der Waals surface area contributed by atoms with E-state index in [1.807, 2.05) is 0 Å². The van der Waals surface area contributed by atoms with Gasteiger partial charge in [0.05, 0.1) is 24.6 Å². The van der Waals surface area contributed by atoms with E-state index in [9.17, 15) is 4.79 Å². The average molecular weight is 600 g/mol. The first-order valence-electron chi connectivity index (χ1n) is 18.1. The number of hydrazine groups is 1. The Morgan fingerprint density at radius 1 is 0.841 bits per heavy atom. The van der Waals surface area contributed by atoms with Crippen LogP contribution in [0.4, 0.5) is 11.4 Å². The Kier molecular flexibility index (Phi) is 10.5. The first-order chi connectivity index (χ1) is 21.6. The molecular formula is C38H57N5O. The molecule has 2 aromatic rings. The van der Waals surface area contributed by atoms with Gasteiger partial charge in [-0.3, -0.25) is 15.1 Å². The smallest absolute Gasteiger partial charge is 0.243 e. The zero-order valence-corrected chi connectivity index (χ0v) is 27.4. The standard InChI is InChI=1S/C38H57N5O/c1-28-17-16-20-33-34(28)42-35(38(33)25-14-10-6-7-11-15-26-38)37(44)41-29(2)30-21-23-32(24-22-30)43-36(39-27-40-43)31-18-12-8-4-3-5-9-13-19-31/h16-17,20-24,29,31,35-36,39-40,42H,3-15,18-19,25-27H2,1-2H3,(H,41,44). The van der Waals surface area contributed by atoms with E-state index in [4.69, 9.17) is 0 Å². The normalized spacial score (nSPS) is 25.7. The van der Waals surface area contributed by atoms with Crippen LogP contribution in [0.1, 0.15) is 139 Å². The van der Waals surface area contributed by atoms with Gasteiger partial charge < -0.3 is 10.6 Å². The van der Waals surface area contributed by atoms with Crippen LogP contribution in [0, 0.1) is 12.8 Å². The number of aryl methyl sites for hydroxylation is 1. The van der Waals surface area contributed by atoms with E-state index in [1.54, 1.807) is 0 Å². The van der Waals surface area contributed by atoms with Crippen LogP contribution in [0.3, 0.4) is 0 Å². The highest BCUT2D eigenvalue weighted by atomic mass is 16.2. The summed E-state index contributed by atoms with van der Waals surface area (Å²) >= 11 is 0. The van der Waals surface area contributed by atoms with Crippen LogP contribution in [0.15, 0.2) is 42.5 Å². The van der Waals surface area contributed by atoms with Crippen LogP contribution in [0.5, 0.6) is 0 Å². The monoisotopic (exact) mass is 599 g/mol. The van der Waals surface area contributed by atoms with E-state index >= 15 is 0 Å². The molecule has 3 atom stereocenters. The quantitative estimate of drug-likeness (QED) is 0.278. The van der Waals surface area contributed by atoms with E-state index < -0.39 is 0 Å². The van der Waals surface area contributed by atoms with Gasteiger partial charge in [-0.1, -0.05) is 114 Å². The highest BCUT2D eigenvalue weighted by Crippen LogP contribution is 2.50. The highest BCUT2D eigenvalue weighted by molar-refractivity contribution is 5.91. The van der Waals surface area contributed by atoms with Gasteiger partial charge in [0.1, 0.15) is 6.04 Å². The molecule has 2 heterocycles. The van der Waals surface area contributed by atoms with Crippen LogP contribution in [0.2, 0.25) is 0 Å². The van der Waals surface area contributed by atoms with E-state index in [0.29, 0.717) is 12.1 Å². The van der Waals surface area contributed by atoms with Gasteiger partial charge >= 0.3 is 0 Å². The highest BCUT2D eigenvalue weighted by Gasteiger charge is 2.50. The molecule has 6 rings (SSSR count). The van der Waals surface area contributed by atoms with Crippen LogP contribution in [-0.4, -0.2) is 24.8 Å². The van der Waals surface area contributed by atoms with Gasteiger partial charge in [-0.15, -0.1) is 0 Å². The molecule has 2 aromatic carbocycles. The van der Waals surface area contributed by atoms with Gasteiger partial charge in [-0.2, -0.15) is 0 Å². The van der Waals surface area contributed by atoms with Crippen LogP contribution in [-0.2, 0) is 10.2 Å². The number of carbonyl (C=O) groups is 1. The molecule has 0 bridgehead atoms. The number of nitrogens with one attached hydrogen (secondary N) is 4. The lowest BCUT2D eigenvalue weighted by Gasteiger charge is -2.36. The van der Waals surface area contributed by atoms with Crippen LogP contribution in [0.25, 0.3) is 0 Å². The fourth-order valence-corrected chi connectivity index (χ4v) is 8.81. The predicted octanol–water partition coefficient (Wildman–Crippen LogP) is 8.38. The minimum atomic E-state index is -0.226. The Hall–Kier alpha value is -2.57. The molecule has 4 aliphatic rings. The minimum absolute atomic E-state index is 0.0599. The molecule has 3 fully saturated rings. The molecule has 2 saturated carbocycles. The van der Waals surface area contributed by atoms with E-state index in [0.717, 1.165) is 25.1 Å². The molecular weight excluding hydrogens is 542 g/mol. The molecule has 2 aliphatic heterocycles. The molecule has 2 aliphatic carbocycles. The Balaban J connectivity index is 1.14. The van der Waals surface area contributed by atoms with E-state index in [2.05, 4.69) is 82.7 Å². The summed E-state index contributed by atoms with van der Waals surface area (Å²) in [5.74, 6) is 0.801. The van der Waals surface area contributed by atoms with Gasteiger partial charge in [0, 0.05) is 11.1 Å². The summed E-state index contributed by atoms with van der Waals surface area (Å²) in [4.78, 5) is 14.2. The third kappa shape index (κ3) is 6.82. The Bertz CT molecular complexity index is 1210. The van der Waals surface area contributed by atoms with Crippen molar-refractivity contribution >= 4 is 17.3 Å². The lowest BCUT2D eigenvalue weighted by molar-refractivity contribution is -0.124. The number of hydrogen-bond donors (Lipinski definition) is 4. The van der Waals surface area contributed by atoms with Crippen molar-refractivity contribution in [2.24, 2.45) is 5.92 Å². The second kappa shape index (κ2) is 14.7. The minimum Gasteiger partial charge on any atom is -0.373 e. The van der Waals surface area contributed by atoms with E-state index in [-0.39, 0.29) is 23.4 Å².